The summed E-state index contributed by atoms with van der Waals surface area (Å²) in [7, 11) is 0. The summed E-state index contributed by atoms with van der Waals surface area (Å²) in [6.45, 7) is 2.02. The molecule has 0 bridgehead atoms. The van der Waals surface area contributed by atoms with Crippen LogP contribution < -0.4 is 4.90 Å². The molecule has 1 amide bonds. The first-order chi connectivity index (χ1) is 14.9. The van der Waals surface area contributed by atoms with Gasteiger partial charge in [-0.2, -0.15) is 0 Å². The van der Waals surface area contributed by atoms with E-state index in [0.29, 0.717) is 21.8 Å². The number of halogens is 1. The monoisotopic (exact) mass is 433 g/mol. The number of anilines is 1. The third-order valence-corrected chi connectivity index (χ3v) is 5.62. The van der Waals surface area contributed by atoms with E-state index in [4.69, 9.17) is 11.6 Å². The number of Topliss-reactive ketones (excluding diaryl/α,β-unsaturated/α-hetero) is 1. The largest absolute Gasteiger partial charge is 0.508 e. The number of phenols is 1. The number of amides is 1. The summed E-state index contributed by atoms with van der Waals surface area (Å²) in [6.07, 6.45) is 0.839. The molecule has 1 atom stereocenters. The fourth-order valence-corrected chi connectivity index (χ4v) is 3.89. The average molecular weight is 434 g/mol. The lowest BCUT2D eigenvalue weighted by atomic mass is 9.94. The standard InChI is InChI=1S/C25H20ClNO4/c1-2-15-6-8-16(9-7-15)23(29)21-22(17-4-3-5-20(28)14-17)27(25(31)24(21)30)19-12-10-18(26)11-13-19/h3-14,22,28-29H,2H2,1H3/b23-21-. The Bertz CT molecular complexity index is 1180. The molecule has 2 N–H and O–H groups in total. The summed E-state index contributed by atoms with van der Waals surface area (Å²) >= 11 is 5.99. The smallest absolute Gasteiger partial charge is 0.300 e. The highest BCUT2D eigenvalue weighted by Gasteiger charge is 2.47. The second-order valence-electron chi connectivity index (χ2n) is 7.29. The van der Waals surface area contributed by atoms with Crippen molar-refractivity contribution in [2.75, 3.05) is 4.90 Å². The molecular weight excluding hydrogens is 414 g/mol. The number of phenolic OH excluding ortho intramolecular Hbond substituents is 1. The molecule has 1 unspecified atom stereocenters. The minimum atomic E-state index is -0.904. The zero-order valence-electron chi connectivity index (χ0n) is 16.7. The topological polar surface area (TPSA) is 77.8 Å². The summed E-state index contributed by atoms with van der Waals surface area (Å²) in [5.41, 5.74) is 2.45. The van der Waals surface area contributed by atoms with Gasteiger partial charge in [-0.25, -0.2) is 0 Å². The maximum Gasteiger partial charge on any atom is 0.300 e. The van der Waals surface area contributed by atoms with Crippen molar-refractivity contribution in [3.8, 4) is 5.75 Å². The molecule has 3 aromatic rings. The molecule has 1 heterocycles. The summed E-state index contributed by atoms with van der Waals surface area (Å²) in [5, 5.41) is 21.6. The van der Waals surface area contributed by atoms with Crippen molar-refractivity contribution < 1.29 is 19.8 Å². The first kappa shape index (κ1) is 20.7. The zero-order chi connectivity index (χ0) is 22.1. The Morgan fingerprint density at radius 1 is 1.00 bits per heavy atom. The lowest BCUT2D eigenvalue weighted by molar-refractivity contribution is -0.132. The minimum Gasteiger partial charge on any atom is -0.508 e. The van der Waals surface area contributed by atoms with Crippen molar-refractivity contribution in [3.63, 3.8) is 0 Å². The van der Waals surface area contributed by atoms with E-state index >= 15 is 0 Å². The van der Waals surface area contributed by atoms with E-state index in [1.807, 2.05) is 19.1 Å². The van der Waals surface area contributed by atoms with Crippen LogP contribution in [-0.4, -0.2) is 21.9 Å². The molecule has 3 aromatic carbocycles. The molecule has 1 saturated heterocycles. The van der Waals surface area contributed by atoms with Crippen LogP contribution >= 0.6 is 11.6 Å². The van der Waals surface area contributed by atoms with Crippen LogP contribution in [0.3, 0.4) is 0 Å². The van der Waals surface area contributed by atoms with Crippen LogP contribution in [0.1, 0.15) is 29.7 Å². The van der Waals surface area contributed by atoms with Gasteiger partial charge in [0.15, 0.2) is 0 Å². The van der Waals surface area contributed by atoms with Crippen LogP contribution in [0.4, 0.5) is 5.69 Å². The second kappa shape index (κ2) is 8.28. The van der Waals surface area contributed by atoms with Gasteiger partial charge in [0.2, 0.25) is 0 Å². The van der Waals surface area contributed by atoms with Crippen LogP contribution in [0, 0.1) is 0 Å². The molecule has 4 rings (SSSR count). The average Bonchev–Trinajstić information content (AvgIpc) is 3.04. The Kier molecular flexibility index (Phi) is 5.53. The maximum absolute atomic E-state index is 13.1. The summed E-state index contributed by atoms with van der Waals surface area (Å²) in [4.78, 5) is 27.4. The van der Waals surface area contributed by atoms with E-state index in [9.17, 15) is 19.8 Å². The molecule has 0 radical (unpaired) electrons. The first-order valence-corrected chi connectivity index (χ1v) is 10.2. The number of carbonyl (C=O) groups is 2. The van der Waals surface area contributed by atoms with E-state index in [2.05, 4.69) is 0 Å². The number of aliphatic hydroxyl groups excluding tert-OH is 1. The Labute approximate surface area is 184 Å². The number of hydrogen-bond donors (Lipinski definition) is 2. The third-order valence-electron chi connectivity index (χ3n) is 5.37. The van der Waals surface area contributed by atoms with Crippen LogP contribution in [0.15, 0.2) is 78.4 Å². The van der Waals surface area contributed by atoms with Crippen molar-refractivity contribution in [3.05, 3.63) is 100 Å². The number of hydrogen-bond acceptors (Lipinski definition) is 4. The Hall–Kier alpha value is -3.57. The van der Waals surface area contributed by atoms with Gasteiger partial charge in [0.05, 0.1) is 11.6 Å². The molecule has 1 fully saturated rings. The lowest BCUT2D eigenvalue weighted by Crippen LogP contribution is -2.29. The molecule has 1 aliphatic rings. The number of rotatable bonds is 4. The van der Waals surface area contributed by atoms with Gasteiger partial charge >= 0.3 is 0 Å². The predicted molar refractivity (Wildman–Crippen MR) is 120 cm³/mol. The van der Waals surface area contributed by atoms with E-state index in [1.165, 1.54) is 17.0 Å². The second-order valence-corrected chi connectivity index (χ2v) is 7.73. The number of ketones is 1. The minimum absolute atomic E-state index is 0.00788. The van der Waals surface area contributed by atoms with E-state index in [0.717, 1.165) is 12.0 Å². The fraction of sp³-hybridized carbons (Fsp3) is 0.120. The van der Waals surface area contributed by atoms with Crippen molar-refractivity contribution in [2.24, 2.45) is 0 Å². The van der Waals surface area contributed by atoms with E-state index in [1.54, 1.807) is 48.5 Å². The van der Waals surface area contributed by atoms with Crippen LogP contribution in [0.25, 0.3) is 5.76 Å². The van der Waals surface area contributed by atoms with Gasteiger partial charge in [-0.1, -0.05) is 54.9 Å². The summed E-state index contributed by atoms with van der Waals surface area (Å²) < 4.78 is 0. The summed E-state index contributed by atoms with van der Waals surface area (Å²) in [6, 6.07) is 19.1. The highest BCUT2D eigenvalue weighted by Crippen LogP contribution is 2.42. The van der Waals surface area contributed by atoms with Crippen molar-refractivity contribution in [1.82, 2.24) is 0 Å². The van der Waals surface area contributed by atoms with Crippen LogP contribution in [0.5, 0.6) is 5.75 Å². The van der Waals surface area contributed by atoms with Crippen molar-refractivity contribution in [1.29, 1.82) is 0 Å². The van der Waals surface area contributed by atoms with Gasteiger partial charge in [0, 0.05) is 16.3 Å². The molecular formula is C25H20ClNO4. The fourth-order valence-electron chi connectivity index (χ4n) is 3.76. The predicted octanol–water partition coefficient (Wildman–Crippen LogP) is 5.23. The highest BCUT2D eigenvalue weighted by molar-refractivity contribution is 6.51. The number of carbonyl (C=O) groups excluding carboxylic acids is 2. The highest BCUT2D eigenvalue weighted by atomic mass is 35.5. The van der Waals surface area contributed by atoms with Crippen LogP contribution in [-0.2, 0) is 16.0 Å². The van der Waals surface area contributed by atoms with Gasteiger partial charge < -0.3 is 10.2 Å². The molecule has 156 valence electrons. The molecule has 6 heteroatoms. The van der Waals surface area contributed by atoms with Crippen molar-refractivity contribution in [2.45, 2.75) is 19.4 Å². The van der Waals surface area contributed by atoms with Crippen molar-refractivity contribution >= 4 is 34.7 Å². The molecule has 0 aromatic heterocycles. The molecule has 0 saturated carbocycles. The van der Waals surface area contributed by atoms with E-state index < -0.39 is 17.7 Å². The van der Waals surface area contributed by atoms with Gasteiger partial charge in [-0.15, -0.1) is 0 Å². The SMILES string of the molecule is CCc1ccc(/C(O)=C2/C(=O)C(=O)N(c3ccc(Cl)cc3)C2c2cccc(O)c2)cc1. The molecule has 0 aliphatic carbocycles. The van der Waals surface area contributed by atoms with Gasteiger partial charge in [-0.05, 0) is 53.9 Å². The normalized spacial score (nSPS) is 17.9. The lowest BCUT2D eigenvalue weighted by Gasteiger charge is -2.25. The third kappa shape index (κ3) is 3.80. The number of aliphatic hydroxyl groups is 1. The number of nitrogens with zero attached hydrogens (tertiary/aromatic N) is 1. The van der Waals surface area contributed by atoms with Crippen LogP contribution in [0.2, 0.25) is 5.02 Å². The Morgan fingerprint density at radius 3 is 2.29 bits per heavy atom. The molecule has 5 nitrogen and oxygen atoms in total. The Morgan fingerprint density at radius 2 is 1.68 bits per heavy atom. The molecule has 0 spiro atoms. The van der Waals surface area contributed by atoms with Gasteiger partial charge in [0.25, 0.3) is 11.7 Å². The number of benzene rings is 3. The first-order valence-electron chi connectivity index (χ1n) is 9.85. The zero-order valence-corrected chi connectivity index (χ0v) is 17.5. The summed E-state index contributed by atoms with van der Waals surface area (Å²) in [5.74, 6) is -1.82. The molecule has 1 aliphatic heterocycles. The van der Waals surface area contributed by atoms with Gasteiger partial charge in [0.1, 0.15) is 11.5 Å². The molecule has 31 heavy (non-hydrogen) atoms. The number of aromatic hydroxyl groups is 1. The van der Waals surface area contributed by atoms with Gasteiger partial charge in [-0.3, -0.25) is 14.5 Å². The quantitative estimate of drug-likeness (QED) is 0.335. The maximum atomic E-state index is 13.1. The number of aryl methyl sites for hydroxylation is 1. The Balaban J connectivity index is 1.92. The van der Waals surface area contributed by atoms with E-state index in [-0.39, 0.29) is 17.1 Å².